The topological polar surface area (TPSA) is 78.9 Å². The zero-order chi connectivity index (χ0) is 11.5. The molecule has 0 bridgehead atoms. The summed E-state index contributed by atoms with van der Waals surface area (Å²) in [6.45, 7) is 1.33. The predicted molar refractivity (Wildman–Crippen MR) is 54.5 cm³/mol. The smallest absolute Gasteiger partial charge is 0.342 e. The fourth-order valence-electron chi connectivity index (χ4n) is 2.16. The van der Waals surface area contributed by atoms with E-state index >= 15 is 0 Å². The third-order valence-electron chi connectivity index (χ3n) is 3.04. The van der Waals surface area contributed by atoms with E-state index in [1.54, 1.807) is 0 Å². The SMILES string of the molecule is O=C(ON1CCC[C@H]1C(=O)O)[C@@H]1CCCN1. The summed E-state index contributed by atoms with van der Waals surface area (Å²) in [6, 6.07) is -0.944. The lowest BCUT2D eigenvalue weighted by Gasteiger charge is -2.21. The molecule has 0 spiro atoms. The molecule has 0 radical (unpaired) electrons. The summed E-state index contributed by atoms with van der Waals surface area (Å²) in [6.07, 6.45) is 3.02. The summed E-state index contributed by atoms with van der Waals surface area (Å²) < 4.78 is 0. The lowest BCUT2D eigenvalue weighted by atomic mass is 10.2. The Morgan fingerprint density at radius 3 is 2.75 bits per heavy atom. The van der Waals surface area contributed by atoms with Crippen LogP contribution in [-0.2, 0) is 14.4 Å². The Balaban J connectivity index is 1.88. The van der Waals surface area contributed by atoms with Crippen LogP contribution >= 0.6 is 0 Å². The number of carboxylic acids is 1. The van der Waals surface area contributed by atoms with Gasteiger partial charge in [-0.2, -0.15) is 0 Å². The van der Waals surface area contributed by atoms with Gasteiger partial charge in [-0.3, -0.25) is 4.79 Å². The van der Waals surface area contributed by atoms with Gasteiger partial charge in [0.15, 0.2) is 0 Å². The zero-order valence-corrected chi connectivity index (χ0v) is 9.02. The van der Waals surface area contributed by atoms with Gasteiger partial charge in [-0.1, -0.05) is 0 Å². The Bertz CT molecular complexity index is 289. The van der Waals surface area contributed by atoms with Gasteiger partial charge in [-0.25, -0.2) is 4.79 Å². The Hall–Kier alpha value is -1.14. The van der Waals surface area contributed by atoms with Crippen LogP contribution in [0.5, 0.6) is 0 Å². The van der Waals surface area contributed by atoms with Crippen molar-refractivity contribution in [1.82, 2.24) is 10.4 Å². The first kappa shape index (κ1) is 11.3. The van der Waals surface area contributed by atoms with Crippen LogP contribution in [0.15, 0.2) is 0 Å². The van der Waals surface area contributed by atoms with Gasteiger partial charge in [-0.05, 0) is 32.2 Å². The van der Waals surface area contributed by atoms with Crippen molar-refractivity contribution in [2.24, 2.45) is 0 Å². The minimum Gasteiger partial charge on any atom is -0.480 e. The van der Waals surface area contributed by atoms with E-state index in [1.165, 1.54) is 5.06 Å². The van der Waals surface area contributed by atoms with E-state index in [1.807, 2.05) is 0 Å². The van der Waals surface area contributed by atoms with Crippen molar-refractivity contribution in [3.8, 4) is 0 Å². The van der Waals surface area contributed by atoms with Crippen LogP contribution in [0.25, 0.3) is 0 Å². The first-order valence-electron chi connectivity index (χ1n) is 5.63. The Morgan fingerprint density at radius 1 is 1.31 bits per heavy atom. The normalized spacial score (nSPS) is 30.5. The van der Waals surface area contributed by atoms with Crippen molar-refractivity contribution in [2.45, 2.75) is 37.8 Å². The lowest BCUT2D eigenvalue weighted by Crippen LogP contribution is -2.42. The molecule has 0 aromatic heterocycles. The molecule has 2 heterocycles. The molecule has 2 aliphatic rings. The Morgan fingerprint density at radius 2 is 2.12 bits per heavy atom. The molecule has 90 valence electrons. The van der Waals surface area contributed by atoms with Gasteiger partial charge in [0.05, 0.1) is 0 Å². The molecule has 2 N–H and O–H groups in total. The van der Waals surface area contributed by atoms with Gasteiger partial charge >= 0.3 is 11.9 Å². The summed E-state index contributed by atoms with van der Waals surface area (Å²) >= 11 is 0. The third kappa shape index (κ3) is 2.33. The molecule has 2 saturated heterocycles. The maximum absolute atomic E-state index is 11.7. The average molecular weight is 228 g/mol. The molecule has 0 aromatic carbocycles. The van der Waals surface area contributed by atoms with Crippen molar-refractivity contribution in [3.05, 3.63) is 0 Å². The largest absolute Gasteiger partial charge is 0.480 e. The zero-order valence-electron chi connectivity index (χ0n) is 9.02. The number of aliphatic carboxylic acids is 1. The van der Waals surface area contributed by atoms with Crippen molar-refractivity contribution >= 4 is 11.9 Å². The van der Waals surface area contributed by atoms with Crippen LogP contribution in [0.1, 0.15) is 25.7 Å². The van der Waals surface area contributed by atoms with Crippen molar-refractivity contribution < 1.29 is 19.5 Å². The van der Waals surface area contributed by atoms with E-state index in [9.17, 15) is 9.59 Å². The standard InChI is InChI=1S/C10H16N2O4/c13-9(14)8-4-2-6-12(8)16-10(15)7-3-1-5-11-7/h7-8,11H,1-6H2,(H,13,14)/t7-,8-/m0/s1. The van der Waals surface area contributed by atoms with Crippen molar-refractivity contribution in [3.63, 3.8) is 0 Å². The number of carboxylic acid groups (broad SMARTS) is 1. The highest BCUT2D eigenvalue weighted by Gasteiger charge is 2.35. The van der Waals surface area contributed by atoms with Gasteiger partial charge in [-0.15, -0.1) is 5.06 Å². The molecule has 6 heteroatoms. The van der Waals surface area contributed by atoms with Gasteiger partial charge in [0, 0.05) is 6.54 Å². The molecule has 0 unspecified atom stereocenters. The van der Waals surface area contributed by atoms with Gasteiger partial charge in [0.1, 0.15) is 12.1 Å². The number of hydrogen-bond donors (Lipinski definition) is 2. The summed E-state index contributed by atoms with van der Waals surface area (Å²) in [7, 11) is 0. The van der Waals surface area contributed by atoms with Gasteiger partial charge < -0.3 is 15.3 Å². The van der Waals surface area contributed by atoms with Gasteiger partial charge in [0.2, 0.25) is 0 Å². The third-order valence-corrected chi connectivity index (χ3v) is 3.04. The molecule has 2 atom stereocenters. The van der Waals surface area contributed by atoms with Crippen LogP contribution in [-0.4, -0.2) is 47.3 Å². The molecule has 2 rings (SSSR count). The fraction of sp³-hybridized carbons (Fsp3) is 0.800. The van der Waals surface area contributed by atoms with E-state index in [-0.39, 0.29) is 12.0 Å². The minimum atomic E-state index is -0.926. The van der Waals surface area contributed by atoms with Crippen LogP contribution < -0.4 is 5.32 Å². The molecule has 0 amide bonds. The predicted octanol–water partition coefficient (Wildman–Crippen LogP) is -0.254. The van der Waals surface area contributed by atoms with E-state index in [0.717, 1.165) is 25.8 Å². The number of rotatable bonds is 3. The van der Waals surface area contributed by atoms with Crippen molar-refractivity contribution in [1.29, 1.82) is 0 Å². The summed E-state index contributed by atoms with van der Waals surface area (Å²) in [5, 5.41) is 13.2. The lowest BCUT2D eigenvalue weighted by molar-refractivity contribution is -0.200. The summed E-state index contributed by atoms with van der Waals surface area (Å²) in [4.78, 5) is 27.6. The average Bonchev–Trinajstić information content (AvgIpc) is 2.86. The molecule has 0 aromatic rings. The number of hydrogen-bond acceptors (Lipinski definition) is 5. The highest BCUT2D eigenvalue weighted by atomic mass is 16.7. The maximum atomic E-state index is 11.7. The first-order valence-corrected chi connectivity index (χ1v) is 5.63. The van der Waals surface area contributed by atoms with Crippen LogP contribution in [0, 0.1) is 0 Å². The quantitative estimate of drug-likeness (QED) is 0.693. The molecular formula is C10H16N2O4. The number of nitrogens with one attached hydrogen (secondary N) is 1. The van der Waals surface area contributed by atoms with Crippen molar-refractivity contribution in [2.75, 3.05) is 13.1 Å². The molecule has 6 nitrogen and oxygen atoms in total. The number of carbonyl (C=O) groups excluding carboxylic acids is 1. The molecule has 2 aliphatic heterocycles. The molecule has 2 fully saturated rings. The number of carbonyl (C=O) groups is 2. The molecule has 0 aliphatic carbocycles. The minimum absolute atomic E-state index is 0.268. The highest BCUT2D eigenvalue weighted by molar-refractivity contribution is 5.77. The number of nitrogens with zero attached hydrogens (tertiary/aromatic N) is 1. The van der Waals surface area contributed by atoms with Crippen LogP contribution in [0.4, 0.5) is 0 Å². The molecule has 0 saturated carbocycles. The van der Waals surface area contributed by atoms with Crippen LogP contribution in [0.3, 0.4) is 0 Å². The van der Waals surface area contributed by atoms with E-state index in [2.05, 4.69) is 5.32 Å². The second-order valence-corrected chi connectivity index (χ2v) is 4.20. The van der Waals surface area contributed by atoms with Gasteiger partial charge in [0.25, 0.3) is 0 Å². The first-order chi connectivity index (χ1) is 7.68. The molecule has 16 heavy (non-hydrogen) atoms. The Kier molecular flexibility index (Phi) is 3.40. The second kappa shape index (κ2) is 4.80. The summed E-state index contributed by atoms with van der Waals surface area (Å²) in [5.74, 6) is -1.28. The van der Waals surface area contributed by atoms with E-state index < -0.39 is 12.0 Å². The maximum Gasteiger partial charge on any atom is 0.342 e. The second-order valence-electron chi connectivity index (χ2n) is 4.20. The summed E-state index contributed by atoms with van der Waals surface area (Å²) in [5.41, 5.74) is 0. The van der Waals surface area contributed by atoms with Crippen LogP contribution in [0.2, 0.25) is 0 Å². The highest BCUT2D eigenvalue weighted by Crippen LogP contribution is 2.19. The number of hydroxylamine groups is 2. The van der Waals surface area contributed by atoms with E-state index in [4.69, 9.17) is 9.94 Å². The fourth-order valence-corrected chi connectivity index (χ4v) is 2.16. The van der Waals surface area contributed by atoms with E-state index in [0.29, 0.717) is 13.0 Å². The monoisotopic (exact) mass is 228 g/mol. The molecular weight excluding hydrogens is 212 g/mol. The Labute approximate surface area is 93.5 Å².